The van der Waals surface area contributed by atoms with E-state index in [0.29, 0.717) is 24.4 Å². The van der Waals surface area contributed by atoms with Crippen LogP contribution in [0.4, 0.5) is 5.69 Å². The lowest BCUT2D eigenvalue weighted by atomic mass is 9.89. The third-order valence-corrected chi connectivity index (χ3v) is 6.19. The van der Waals surface area contributed by atoms with Crippen LogP contribution in [0.15, 0.2) is 48.8 Å². The number of benzene rings is 1. The van der Waals surface area contributed by atoms with Crippen LogP contribution < -0.4 is 10.6 Å². The maximum absolute atomic E-state index is 12.5. The highest BCUT2D eigenvalue weighted by atomic mass is 35.5. The quantitative estimate of drug-likeness (QED) is 0.591. The van der Waals surface area contributed by atoms with E-state index in [9.17, 15) is 4.79 Å². The van der Waals surface area contributed by atoms with E-state index < -0.39 is 0 Å². The molecule has 7 heteroatoms. The molecule has 2 unspecified atom stereocenters. The number of imidazole rings is 1. The summed E-state index contributed by atoms with van der Waals surface area (Å²) in [5.74, 6) is 0.640. The van der Waals surface area contributed by atoms with Gasteiger partial charge in [-0.05, 0) is 62.3 Å². The van der Waals surface area contributed by atoms with Crippen LogP contribution in [0.5, 0.6) is 0 Å². The molecule has 2 aliphatic rings. The topological polar surface area (TPSA) is 58.4 Å². The lowest BCUT2D eigenvalue weighted by molar-refractivity contribution is -0.117. The standard InChI is InChI=1S/C23H26N4O.2ClH/c1-15-3-2-10-27-14-21(26-23(15)27)17-4-6-18(7-5-17)25-22(28)13-16-11-19-8-9-20(12-16)24-19;;/h2-7,10,14,16,19-20,24H,8-9,11-13H2,1H3,(H,25,28);2*1H. The van der Waals surface area contributed by atoms with Crippen molar-refractivity contribution in [3.8, 4) is 11.3 Å². The van der Waals surface area contributed by atoms with Crippen LogP contribution in [-0.4, -0.2) is 27.4 Å². The molecule has 1 amide bonds. The number of nitrogens with one attached hydrogen (secondary N) is 2. The number of carbonyl (C=O) groups excluding carboxylic acids is 1. The number of amides is 1. The zero-order chi connectivity index (χ0) is 19.1. The Labute approximate surface area is 189 Å². The first-order chi connectivity index (χ1) is 13.6. The van der Waals surface area contributed by atoms with Crippen LogP contribution in [0, 0.1) is 12.8 Å². The third-order valence-electron chi connectivity index (χ3n) is 6.19. The molecule has 2 saturated heterocycles. The molecule has 1 aromatic carbocycles. The Morgan fingerprint density at radius 1 is 1.13 bits per heavy atom. The van der Waals surface area contributed by atoms with Gasteiger partial charge in [-0.1, -0.05) is 18.2 Å². The second-order valence-corrected chi connectivity index (χ2v) is 8.35. The van der Waals surface area contributed by atoms with Gasteiger partial charge in [-0.25, -0.2) is 4.98 Å². The number of hydrogen-bond donors (Lipinski definition) is 2. The Kier molecular flexibility index (Phi) is 7.06. The van der Waals surface area contributed by atoms with Crippen molar-refractivity contribution in [2.24, 2.45) is 5.92 Å². The van der Waals surface area contributed by atoms with Crippen molar-refractivity contribution in [3.63, 3.8) is 0 Å². The summed E-state index contributed by atoms with van der Waals surface area (Å²) in [5, 5.41) is 6.71. The van der Waals surface area contributed by atoms with E-state index >= 15 is 0 Å². The van der Waals surface area contributed by atoms with Crippen molar-refractivity contribution >= 4 is 42.1 Å². The third kappa shape index (κ3) is 4.64. The second kappa shape index (κ2) is 9.38. The van der Waals surface area contributed by atoms with Crippen molar-refractivity contribution in [1.29, 1.82) is 0 Å². The van der Waals surface area contributed by atoms with E-state index in [1.165, 1.54) is 12.8 Å². The van der Waals surface area contributed by atoms with Gasteiger partial charge in [0.15, 0.2) is 0 Å². The summed E-state index contributed by atoms with van der Waals surface area (Å²) in [6.45, 7) is 2.07. The fraction of sp³-hybridized carbons (Fsp3) is 0.391. The lowest BCUT2D eigenvalue weighted by Crippen LogP contribution is -2.39. The highest BCUT2D eigenvalue weighted by molar-refractivity contribution is 5.91. The number of aromatic nitrogens is 2. The number of fused-ring (bicyclic) bond motifs is 3. The summed E-state index contributed by atoms with van der Waals surface area (Å²) in [5.41, 5.74) is 4.98. The largest absolute Gasteiger partial charge is 0.326 e. The first-order valence-electron chi connectivity index (χ1n) is 10.2. The summed E-state index contributed by atoms with van der Waals surface area (Å²) in [7, 11) is 0. The zero-order valence-corrected chi connectivity index (χ0v) is 18.6. The van der Waals surface area contributed by atoms with Gasteiger partial charge in [0, 0.05) is 42.1 Å². The number of halogens is 2. The van der Waals surface area contributed by atoms with Crippen LogP contribution in [-0.2, 0) is 4.79 Å². The number of rotatable bonds is 4. The molecular formula is C23H28Cl2N4O. The highest BCUT2D eigenvalue weighted by Gasteiger charge is 2.34. The fourth-order valence-electron chi connectivity index (χ4n) is 4.83. The van der Waals surface area contributed by atoms with Crippen molar-refractivity contribution < 1.29 is 4.79 Å². The maximum Gasteiger partial charge on any atom is 0.224 e. The molecule has 0 aliphatic carbocycles. The number of anilines is 1. The molecule has 2 aliphatic heterocycles. The second-order valence-electron chi connectivity index (χ2n) is 8.35. The molecule has 160 valence electrons. The summed E-state index contributed by atoms with van der Waals surface area (Å²) in [6.07, 6.45) is 9.50. The van der Waals surface area contributed by atoms with Crippen LogP contribution in [0.2, 0.25) is 0 Å². The summed E-state index contributed by atoms with van der Waals surface area (Å²) >= 11 is 0. The first kappa shape index (κ1) is 22.6. The number of aryl methyl sites for hydroxylation is 1. The van der Waals surface area contributed by atoms with Crippen molar-refractivity contribution in [3.05, 3.63) is 54.4 Å². The Morgan fingerprint density at radius 2 is 1.83 bits per heavy atom. The molecule has 5 rings (SSSR count). The van der Waals surface area contributed by atoms with Crippen LogP contribution >= 0.6 is 24.8 Å². The minimum absolute atomic E-state index is 0. The Balaban J connectivity index is 0.00000128. The van der Waals surface area contributed by atoms with E-state index in [0.717, 1.165) is 41.0 Å². The molecule has 2 fully saturated rings. The average molecular weight is 447 g/mol. The van der Waals surface area contributed by atoms with Gasteiger partial charge >= 0.3 is 0 Å². The highest BCUT2D eigenvalue weighted by Crippen LogP contribution is 2.33. The Hall–Kier alpha value is -2.08. The van der Waals surface area contributed by atoms with E-state index in [2.05, 4.69) is 23.6 Å². The van der Waals surface area contributed by atoms with Gasteiger partial charge in [0.2, 0.25) is 5.91 Å². The smallest absolute Gasteiger partial charge is 0.224 e. The first-order valence-corrected chi connectivity index (χ1v) is 10.2. The molecule has 2 bridgehead atoms. The number of nitrogens with zero attached hydrogens (tertiary/aromatic N) is 2. The van der Waals surface area contributed by atoms with Gasteiger partial charge in [0.1, 0.15) is 5.65 Å². The normalized spacial score (nSPS) is 22.2. The van der Waals surface area contributed by atoms with Gasteiger partial charge in [-0.2, -0.15) is 0 Å². The van der Waals surface area contributed by atoms with Crippen LogP contribution in [0.1, 0.15) is 37.7 Å². The fourth-order valence-corrected chi connectivity index (χ4v) is 4.83. The summed E-state index contributed by atoms with van der Waals surface area (Å²) in [4.78, 5) is 17.2. The molecule has 30 heavy (non-hydrogen) atoms. The molecule has 3 aromatic rings. The number of hydrogen-bond acceptors (Lipinski definition) is 3. The van der Waals surface area contributed by atoms with Gasteiger partial charge in [-0.3, -0.25) is 4.79 Å². The van der Waals surface area contributed by atoms with Gasteiger partial charge in [0.05, 0.1) is 5.69 Å². The molecule has 0 spiro atoms. The molecule has 4 heterocycles. The molecule has 0 radical (unpaired) electrons. The average Bonchev–Trinajstić information content (AvgIpc) is 3.26. The molecular weight excluding hydrogens is 419 g/mol. The zero-order valence-electron chi connectivity index (χ0n) is 17.0. The molecule has 2 aromatic heterocycles. The van der Waals surface area contributed by atoms with Crippen molar-refractivity contribution in [1.82, 2.24) is 14.7 Å². The van der Waals surface area contributed by atoms with E-state index in [1.54, 1.807) is 0 Å². The summed E-state index contributed by atoms with van der Waals surface area (Å²) < 4.78 is 2.05. The van der Waals surface area contributed by atoms with Crippen molar-refractivity contribution in [2.75, 3.05) is 5.32 Å². The van der Waals surface area contributed by atoms with Crippen LogP contribution in [0.25, 0.3) is 16.9 Å². The van der Waals surface area contributed by atoms with E-state index in [4.69, 9.17) is 4.98 Å². The number of pyridine rings is 1. The van der Waals surface area contributed by atoms with Gasteiger partial charge in [0.25, 0.3) is 0 Å². The number of piperidine rings is 1. The van der Waals surface area contributed by atoms with Crippen LogP contribution in [0.3, 0.4) is 0 Å². The summed E-state index contributed by atoms with van der Waals surface area (Å²) in [6, 6.07) is 13.3. The maximum atomic E-state index is 12.5. The Morgan fingerprint density at radius 3 is 2.50 bits per heavy atom. The predicted molar refractivity (Wildman–Crippen MR) is 126 cm³/mol. The molecule has 0 saturated carbocycles. The van der Waals surface area contributed by atoms with Gasteiger partial charge in [-0.15, -0.1) is 24.8 Å². The molecule has 5 nitrogen and oxygen atoms in total. The SMILES string of the molecule is Cc1cccn2cc(-c3ccc(NC(=O)CC4CC5CCC(C4)N5)cc3)nc12.Cl.Cl. The van der Waals surface area contributed by atoms with Crippen molar-refractivity contribution in [2.45, 2.75) is 51.1 Å². The Bertz CT molecular complexity index is 1010. The minimum atomic E-state index is 0. The monoisotopic (exact) mass is 446 g/mol. The minimum Gasteiger partial charge on any atom is -0.326 e. The van der Waals surface area contributed by atoms with Gasteiger partial charge < -0.3 is 15.0 Å². The van der Waals surface area contributed by atoms with E-state index in [1.807, 2.05) is 47.1 Å². The van der Waals surface area contributed by atoms with E-state index in [-0.39, 0.29) is 30.7 Å². The number of carbonyl (C=O) groups is 1. The lowest BCUT2D eigenvalue weighted by Gasteiger charge is -2.28. The predicted octanol–water partition coefficient (Wildman–Crippen LogP) is 5.01. The molecule has 2 N–H and O–H groups in total. The molecule has 2 atom stereocenters.